The second-order valence-corrected chi connectivity index (χ2v) is 25.7. The second-order valence-electron chi connectivity index (χ2n) is 24.8. The highest BCUT2D eigenvalue weighted by atomic mass is 79.9. The van der Waals surface area contributed by atoms with Gasteiger partial charge in [0.05, 0.1) is 33.1 Å². The van der Waals surface area contributed by atoms with Crippen LogP contribution in [-0.4, -0.2) is 48.6 Å². The van der Waals surface area contributed by atoms with Gasteiger partial charge in [-0.05, 0) is 109 Å². The predicted octanol–water partition coefficient (Wildman–Crippen LogP) is 23.1. The predicted molar refractivity (Wildman–Crippen MR) is 419 cm³/mol. The highest BCUT2D eigenvalue weighted by molar-refractivity contribution is 9.10. The molecule has 0 amide bonds. The summed E-state index contributed by atoms with van der Waals surface area (Å²) in [5.41, 5.74) is 18.7. The third kappa shape index (κ3) is 11.3. The fourth-order valence-corrected chi connectivity index (χ4v) is 14.3. The number of halogens is 1. The van der Waals surface area contributed by atoms with Gasteiger partial charge in [-0.1, -0.05) is 259 Å². The first-order chi connectivity index (χ1) is 50.0. The topological polar surface area (TPSA) is 108 Å². The van der Waals surface area contributed by atoms with Crippen LogP contribution in [0.3, 0.4) is 0 Å². The van der Waals surface area contributed by atoms with E-state index < -0.39 is 0 Å². The zero-order valence-electron chi connectivity index (χ0n) is 54.4. The molecule has 10 nitrogen and oxygen atoms in total. The summed E-state index contributed by atoms with van der Waals surface area (Å²) in [4.78, 5) is 32.3. The van der Waals surface area contributed by atoms with Crippen molar-refractivity contribution in [3.05, 3.63) is 356 Å². The van der Waals surface area contributed by atoms with E-state index in [-0.39, 0.29) is 0 Å². The molecule has 0 saturated heterocycles. The van der Waals surface area contributed by atoms with E-state index in [4.69, 9.17) is 24.9 Å². The summed E-state index contributed by atoms with van der Waals surface area (Å²) in [6.45, 7) is 0. The van der Waals surface area contributed by atoms with Gasteiger partial charge in [0.25, 0.3) is 0 Å². The Kier molecular flexibility index (Phi) is 15.5. The van der Waals surface area contributed by atoms with E-state index >= 15 is 0 Å². The lowest BCUT2D eigenvalue weighted by Gasteiger charge is -2.11. The fraction of sp³-hybridized carbons (Fsp3) is 0. The summed E-state index contributed by atoms with van der Waals surface area (Å²) >= 11 is 3.47. The SMILES string of the molecule is Brc1ccc(-c2nc(-c3ccccc3)nc(-c3ccccc3)n2)cc1.c1ccc(-c2nc(-c3ccccc3)nc(-c3ccc(-n4c5ccccc5c5cc(-n6c7ccccc7c7ccccc76)ccc54)cc3)n2)cc1.c1ccc2c(c1)[nH]c1ccc(-n3c4ccccc4c4ccccc43)cc12. The Morgan fingerprint density at radius 3 is 0.842 bits per heavy atom. The number of nitrogens with one attached hydrogen (secondary N) is 1. The molecule has 0 aliphatic rings. The summed E-state index contributed by atoms with van der Waals surface area (Å²) < 4.78 is 8.12. The van der Waals surface area contributed by atoms with Crippen molar-refractivity contribution in [2.24, 2.45) is 0 Å². The number of para-hydroxylation sites is 6. The maximum Gasteiger partial charge on any atom is 0.164 e. The minimum Gasteiger partial charge on any atom is -0.355 e. The summed E-state index contributed by atoms with van der Waals surface area (Å²) in [5, 5.41) is 10.1. The van der Waals surface area contributed by atoms with Crippen LogP contribution in [0, 0.1) is 0 Å². The van der Waals surface area contributed by atoms with E-state index in [0.29, 0.717) is 34.9 Å². The molecule has 101 heavy (non-hydrogen) atoms. The van der Waals surface area contributed by atoms with Gasteiger partial charge in [0.1, 0.15) is 0 Å². The molecule has 6 aromatic heterocycles. The van der Waals surface area contributed by atoms with Crippen LogP contribution in [0.25, 0.3) is 173 Å². The third-order valence-corrected chi connectivity index (χ3v) is 19.2. The molecule has 11 heteroatoms. The van der Waals surface area contributed by atoms with Crippen molar-refractivity contribution in [1.82, 2.24) is 48.6 Å². The molecule has 20 aromatic rings. The molecule has 0 spiro atoms. The summed E-state index contributed by atoms with van der Waals surface area (Å²) in [7, 11) is 0. The molecule has 0 saturated carbocycles. The minimum atomic E-state index is 0.641. The molecule has 0 aliphatic heterocycles. The van der Waals surface area contributed by atoms with Gasteiger partial charge >= 0.3 is 0 Å². The first-order valence-electron chi connectivity index (χ1n) is 33.6. The second kappa shape index (κ2) is 26.0. The van der Waals surface area contributed by atoms with Gasteiger partial charge in [0.2, 0.25) is 0 Å². The third-order valence-electron chi connectivity index (χ3n) is 18.7. The zero-order valence-corrected chi connectivity index (χ0v) is 56.0. The first-order valence-corrected chi connectivity index (χ1v) is 34.4. The maximum atomic E-state index is 4.94. The number of aromatic nitrogens is 10. The van der Waals surface area contributed by atoms with Gasteiger partial charge in [0, 0.05) is 109 Å². The van der Waals surface area contributed by atoms with Crippen molar-refractivity contribution < 1.29 is 0 Å². The monoisotopic (exact) mass is 1360 g/mol. The average molecular weight is 1360 g/mol. The molecular weight excluding hydrogens is 1300 g/mol. The molecule has 0 fully saturated rings. The van der Waals surface area contributed by atoms with E-state index in [1.165, 1.54) is 81.9 Å². The van der Waals surface area contributed by atoms with Crippen molar-refractivity contribution in [2.75, 3.05) is 0 Å². The van der Waals surface area contributed by atoms with Crippen molar-refractivity contribution in [3.8, 4) is 85.4 Å². The lowest BCUT2D eigenvalue weighted by molar-refractivity contribution is 1.07. The number of fused-ring (bicyclic) bond motifs is 12. The van der Waals surface area contributed by atoms with Crippen LogP contribution >= 0.6 is 15.9 Å². The van der Waals surface area contributed by atoms with Crippen LogP contribution in [-0.2, 0) is 0 Å². The molecule has 0 atom stereocenters. The number of hydrogen-bond donors (Lipinski definition) is 1. The van der Waals surface area contributed by atoms with Crippen LogP contribution < -0.4 is 0 Å². The largest absolute Gasteiger partial charge is 0.355 e. The number of nitrogens with zero attached hydrogens (tertiary/aromatic N) is 9. The number of rotatable bonds is 9. The number of hydrogen-bond acceptors (Lipinski definition) is 6. The van der Waals surface area contributed by atoms with Crippen molar-refractivity contribution in [3.63, 3.8) is 0 Å². The van der Waals surface area contributed by atoms with E-state index in [1.54, 1.807) is 0 Å². The van der Waals surface area contributed by atoms with Crippen LogP contribution in [0.5, 0.6) is 0 Å². The maximum absolute atomic E-state index is 4.94. The van der Waals surface area contributed by atoms with E-state index in [9.17, 15) is 0 Å². The van der Waals surface area contributed by atoms with Crippen LogP contribution in [0.15, 0.2) is 356 Å². The van der Waals surface area contributed by atoms with Gasteiger partial charge in [0.15, 0.2) is 34.9 Å². The van der Waals surface area contributed by atoms with Crippen LogP contribution in [0.4, 0.5) is 0 Å². The Morgan fingerprint density at radius 1 is 0.198 bits per heavy atom. The number of benzene rings is 14. The fourth-order valence-electron chi connectivity index (χ4n) is 14.0. The highest BCUT2D eigenvalue weighted by Crippen LogP contribution is 2.39. The van der Waals surface area contributed by atoms with Crippen molar-refractivity contribution in [1.29, 1.82) is 0 Å². The lowest BCUT2D eigenvalue weighted by Crippen LogP contribution is -2.00. The molecule has 1 N–H and O–H groups in total. The Labute approximate surface area is 589 Å². The summed E-state index contributed by atoms with van der Waals surface area (Å²) in [6.07, 6.45) is 0. The molecule has 14 aromatic carbocycles. The Bertz CT molecular complexity index is 6220. The number of H-pyrrole nitrogens is 1. The van der Waals surface area contributed by atoms with Crippen molar-refractivity contribution in [2.45, 2.75) is 0 Å². The molecule has 6 heterocycles. The van der Waals surface area contributed by atoms with E-state index in [2.05, 4.69) is 246 Å². The lowest BCUT2D eigenvalue weighted by atomic mass is 10.1. The normalized spacial score (nSPS) is 11.4. The zero-order chi connectivity index (χ0) is 67.2. The molecule has 0 aliphatic carbocycles. The smallest absolute Gasteiger partial charge is 0.164 e. The van der Waals surface area contributed by atoms with Gasteiger partial charge in [-0.3, -0.25) is 0 Å². The average Bonchev–Trinajstić information content (AvgIpc) is 1.57. The first kappa shape index (κ1) is 60.2. The van der Waals surface area contributed by atoms with E-state index in [0.717, 1.165) is 60.3 Å². The standard InChI is InChI=1S/C45H29N5.C24H16N2.C21H14BrN3/c1-3-13-30(14-4-1)43-46-44(31-15-5-2-6-16-31)48-45(47-43)32-23-25-33(26-24-32)49-41-22-12-9-19-37(41)38-29-34(27-28-42(38)49)50-39-20-10-7-17-35(39)36-18-8-11-21-40(36)50;1-4-10-21-17(7-1)20-15-16(13-14-22(20)25-21)26-23-11-5-2-8-18(23)19-9-3-6-12-24(19)26;22-18-13-11-17(12-14-18)21-24-19(15-7-3-1-4-8-15)23-20(25-21)16-9-5-2-6-10-16/h1-29H;1-15,25H;1-14H. The molecule has 0 radical (unpaired) electrons. The van der Waals surface area contributed by atoms with Gasteiger partial charge in [-0.15, -0.1) is 0 Å². The minimum absolute atomic E-state index is 0.641. The Balaban J connectivity index is 0.000000120. The highest BCUT2D eigenvalue weighted by Gasteiger charge is 2.20. The van der Waals surface area contributed by atoms with Crippen molar-refractivity contribution >= 4 is 103 Å². The summed E-state index contributed by atoms with van der Waals surface area (Å²) in [6, 6.07) is 122. The molecule has 0 bridgehead atoms. The van der Waals surface area contributed by atoms with Gasteiger partial charge < -0.3 is 18.7 Å². The van der Waals surface area contributed by atoms with E-state index in [1.807, 2.05) is 146 Å². The molecule has 476 valence electrons. The Hall–Kier alpha value is -13.2. The number of aromatic amines is 1. The van der Waals surface area contributed by atoms with Gasteiger partial charge in [-0.2, -0.15) is 0 Å². The van der Waals surface area contributed by atoms with Gasteiger partial charge in [-0.25, -0.2) is 29.9 Å². The van der Waals surface area contributed by atoms with Crippen LogP contribution in [0.2, 0.25) is 0 Å². The Morgan fingerprint density at radius 2 is 0.455 bits per heavy atom. The molecular formula is C90H59BrN10. The molecule has 0 unspecified atom stereocenters. The summed E-state index contributed by atoms with van der Waals surface area (Å²) in [5.74, 6) is 3.96. The quantitative estimate of drug-likeness (QED) is 0.154. The van der Waals surface area contributed by atoms with Crippen LogP contribution in [0.1, 0.15) is 0 Å². The molecule has 20 rings (SSSR count).